The van der Waals surface area contributed by atoms with Gasteiger partial charge in [0.2, 0.25) is 0 Å². The van der Waals surface area contributed by atoms with E-state index < -0.39 is 7.26 Å². The Morgan fingerprint density at radius 1 is 0.621 bits per heavy atom. The van der Waals surface area contributed by atoms with Gasteiger partial charge in [0.15, 0.2) is 0 Å². The molecule has 0 radical (unpaired) electrons. The van der Waals surface area contributed by atoms with E-state index in [2.05, 4.69) is 116 Å². The molecule has 0 saturated carbocycles. The Morgan fingerprint density at radius 2 is 1.07 bits per heavy atom. The summed E-state index contributed by atoms with van der Waals surface area (Å²) in [4.78, 5) is 0. The maximum atomic E-state index is 5.45. The third-order valence-corrected chi connectivity index (χ3v) is 10.7. The maximum absolute atomic E-state index is 5.45. The van der Waals surface area contributed by atoms with Gasteiger partial charge in [0.1, 0.15) is 0 Å². The summed E-state index contributed by atoms with van der Waals surface area (Å²) < 4.78 is 5.45. The molecule has 0 unspecified atom stereocenters. The number of rotatable bonds is 6. The first-order chi connectivity index (χ1) is 14.2. The summed E-state index contributed by atoms with van der Waals surface area (Å²) in [7, 11) is -0.537. The predicted octanol–water partition coefficient (Wildman–Crippen LogP) is 5.23. The minimum absolute atomic E-state index is 0.914. The monoisotopic (exact) mass is 398 g/mol. The summed E-state index contributed by atoms with van der Waals surface area (Å²) in [6, 6.07) is 39.7. The Morgan fingerprint density at radius 3 is 1.45 bits per heavy atom. The van der Waals surface area contributed by atoms with Gasteiger partial charge in [0.05, 0.1) is 0 Å². The standard InChI is InChI=1S/C27H27OP/c1-22-20-24(28-2)19-18-23(22)21-29(25-12-6-3-7-13-25,26-14-8-4-9-15-26)27-16-10-5-11-17-27/h3-20,29H,21H2,1-2H3. The molecule has 29 heavy (non-hydrogen) atoms. The second kappa shape index (κ2) is 8.64. The summed E-state index contributed by atoms with van der Waals surface area (Å²) in [5.74, 6) is 0.914. The molecule has 0 aromatic heterocycles. The van der Waals surface area contributed by atoms with E-state index in [1.54, 1.807) is 7.11 Å². The molecule has 0 spiro atoms. The summed E-state index contributed by atoms with van der Waals surface area (Å²) in [6.45, 7) is 2.19. The zero-order chi connectivity index (χ0) is 20.1. The van der Waals surface area contributed by atoms with Crippen molar-refractivity contribution in [2.24, 2.45) is 0 Å². The van der Waals surface area contributed by atoms with Crippen molar-refractivity contribution in [3.63, 3.8) is 0 Å². The van der Waals surface area contributed by atoms with Gasteiger partial charge in [-0.15, -0.1) is 0 Å². The zero-order valence-electron chi connectivity index (χ0n) is 17.0. The number of aryl methyl sites for hydroxylation is 1. The van der Waals surface area contributed by atoms with E-state index >= 15 is 0 Å². The second-order valence-electron chi connectivity index (χ2n) is 7.47. The second-order valence-corrected chi connectivity index (χ2v) is 11.4. The normalized spacial score (nSPS) is 11.8. The molecule has 0 saturated heterocycles. The van der Waals surface area contributed by atoms with Crippen LogP contribution in [0.5, 0.6) is 5.75 Å². The molecule has 0 heterocycles. The fourth-order valence-electron chi connectivity index (χ4n) is 4.25. The molecule has 0 amide bonds. The van der Waals surface area contributed by atoms with Crippen LogP contribution in [0.15, 0.2) is 109 Å². The molecule has 4 aromatic rings. The van der Waals surface area contributed by atoms with Crippen LogP contribution in [0.3, 0.4) is 0 Å². The van der Waals surface area contributed by atoms with Crippen LogP contribution in [0, 0.1) is 6.92 Å². The van der Waals surface area contributed by atoms with Crippen molar-refractivity contribution < 1.29 is 4.74 Å². The zero-order valence-corrected chi connectivity index (χ0v) is 18.0. The molecular weight excluding hydrogens is 371 g/mol. The van der Waals surface area contributed by atoms with Crippen molar-refractivity contribution in [3.05, 3.63) is 120 Å². The summed E-state index contributed by atoms with van der Waals surface area (Å²) in [6.07, 6.45) is 1.01. The van der Waals surface area contributed by atoms with Crippen LogP contribution in [0.25, 0.3) is 0 Å². The van der Waals surface area contributed by atoms with Gasteiger partial charge in [-0.3, -0.25) is 0 Å². The SMILES string of the molecule is COc1ccc(C[PH](c2ccccc2)(c2ccccc2)c2ccccc2)c(C)c1. The summed E-state index contributed by atoms with van der Waals surface area (Å²) in [5, 5.41) is 4.31. The van der Waals surface area contributed by atoms with Gasteiger partial charge in [-0.25, -0.2) is 0 Å². The van der Waals surface area contributed by atoms with E-state index in [0.717, 1.165) is 11.9 Å². The number of hydrogen-bond donors (Lipinski definition) is 0. The average Bonchev–Trinajstić information content (AvgIpc) is 2.80. The molecule has 0 N–H and O–H groups in total. The Labute approximate surface area is 174 Å². The van der Waals surface area contributed by atoms with Gasteiger partial charge in [-0.1, -0.05) is 0 Å². The molecule has 0 atom stereocenters. The summed E-state index contributed by atoms with van der Waals surface area (Å²) in [5.41, 5.74) is 2.66. The van der Waals surface area contributed by atoms with Crippen LogP contribution in [-0.4, -0.2) is 7.11 Å². The molecule has 1 nitrogen and oxygen atoms in total. The molecule has 0 bridgehead atoms. The van der Waals surface area contributed by atoms with Crippen molar-refractivity contribution in [2.45, 2.75) is 13.1 Å². The third-order valence-electron chi connectivity index (χ3n) is 5.81. The van der Waals surface area contributed by atoms with Gasteiger partial charge in [-0.2, -0.15) is 0 Å². The molecule has 0 aliphatic heterocycles. The van der Waals surface area contributed by atoms with Gasteiger partial charge in [0, 0.05) is 0 Å². The molecule has 4 aromatic carbocycles. The van der Waals surface area contributed by atoms with Gasteiger partial charge in [0.25, 0.3) is 0 Å². The van der Waals surface area contributed by atoms with E-state index in [1.165, 1.54) is 27.0 Å². The Kier molecular flexibility index (Phi) is 5.79. The van der Waals surface area contributed by atoms with Crippen molar-refractivity contribution in [1.29, 1.82) is 0 Å². The van der Waals surface area contributed by atoms with Crippen molar-refractivity contribution in [3.8, 4) is 5.75 Å². The van der Waals surface area contributed by atoms with Crippen molar-refractivity contribution >= 4 is 23.2 Å². The first-order valence-corrected chi connectivity index (χ1v) is 12.2. The van der Waals surface area contributed by atoms with Gasteiger partial charge < -0.3 is 0 Å². The Hall–Kier alpha value is -2.89. The van der Waals surface area contributed by atoms with E-state index in [0.29, 0.717) is 0 Å². The van der Waals surface area contributed by atoms with Crippen molar-refractivity contribution in [2.75, 3.05) is 7.11 Å². The van der Waals surface area contributed by atoms with Gasteiger partial charge >= 0.3 is 174 Å². The molecule has 0 fully saturated rings. The number of hydrogen-bond acceptors (Lipinski definition) is 1. The van der Waals surface area contributed by atoms with E-state index in [4.69, 9.17) is 4.74 Å². The topological polar surface area (TPSA) is 9.23 Å². The fourth-order valence-corrected chi connectivity index (χ4v) is 9.12. The molecule has 2 heteroatoms. The molecule has 146 valence electrons. The first kappa shape index (κ1) is 19.4. The van der Waals surface area contributed by atoms with Crippen LogP contribution in [-0.2, 0) is 6.16 Å². The predicted molar refractivity (Wildman–Crippen MR) is 128 cm³/mol. The Bertz CT molecular complexity index is 963. The van der Waals surface area contributed by atoms with Crippen LogP contribution in [0.4, 0.5) is 0 Å². The minimum atomic E-state index is -2.26. The van der Waals surface area contributed by atoms with Crippen LogP contribution >= 0.6 is 7.26 Å². The van der Waals surface area contributed by atoms with Crippen molar-refractivity contribution in [1.82, 2.24) is 0 Å². The van der Waals surface area contributed by atoms with E-state index in [1.807, 2.05) is 0 Å². The average molecular weight is 398 g/mol. The molecule has 0 aliphatic rings. The Balaban J connectivity index is 1.98. The molecular formula is C27H27OP. The van der Waals surface area contributed by atoms with E-state index in [9.17, 15) is 0 Å². The van der Waals surface area contributed by atoms with Gasteiger partial charge in [-0.05, 0) is 0 Å². The fraction of sp³-hybridized carbons (Fsp3) is 0.111. The summed E-state index contributed by atoms with van der Waals surface area (Å²) >= 11 is 0. The quantitative estimate of drug-likeness (QED) is 0.404. The first-order valence-electron chi connectivity index (χ1n) is 10.0. The number of benzene rings is 4. The number of ether oxygens (including phenoxy) is 1. The third kappa shape index (κ3) is 3.84. The molecule has 4 rings (SSSR count). The van der Waals surface area contributed by atoms with Crippen LogP contribution in [0.1, 0.15) is 11.1 Å². The van der Waals surface area contributed by atoms with E-state index in [-0.39, 0.29) is 0 Å². The number of methoxy groups -OCH3 is 1. The van der Waals surface area contributed by atoms with Crippen LogP contribution < -0.4 is 20.7 Å². The van der Waals surface area contributed by atoms with Crippen LogP contribution in [0.2, 0.25) is 0 Å². The molecule has 0 aliphatic carbocycles.